The van der Waals surface area contributed by atoms with Crippen LogP contribution in [-0.2, 0) is 26.7 Å². The molecule has 242 valence electrons. The van der Waals surface area contributed by atoms with Crippen LogP contribution in [0, 0.1) is 0 Å². The fourth-order valence-electron chi connectivity index (χ4n) is 6.56. The van der Waals surface area contributed by atoms with E-state index in [2.05, 4.69) is 67.6 Å². The summed E-state index contributed by atoms with van der Waals surface area (Å²) in [6.07, 6.45) is 22.2. The highest BCUT2D eigenvalue weighted by Crippen LogP contribution is 2.46. The van der Waals surface area contributed by atoms with Crippen LogP contribution in [-0.4, -0.2) is 35.2 Å². The Bertz CT molecular complexity index is 951. The maximum absolute atomic E-state index is 12.7. The Morgan fingerprint density at radius 2 is 1.05 bits per heavy atom. The van der Waals surface area contributed by atoms with E-state index in [0.717, 1.165) is 56.3 Å². The van der Waals surface area contributed by atoms with E-state index in [0.29, 0.717) is 6.61 Å². The summed E-state index contributed by atoms with van der Waals surface area (Å²) in [4.78, 5) is 10.4. The maximum atomic E-state index is 12.7. The molecular formula is C37H61NO4P+. The first kappa shape index (κ1) is 36.0. The summed E-state index contributed by atoms with van der Waals surface area (Å²) < 4.78 is 24.7. The minimum atomic E-state index is -4.03. The van der Waals surface area contributed by atoms with Gasteiger partial charge in [0, 0.05) is 24.0 Å². The lowest BCUT2D eigenvalue weighted by Gasteiger charge is -2.44. The lowest BCUT2D eigenvalue weighted by molar-refractivity contribution is -0.958. The van der Waals surface area contributed by atoms with Crippen molar-refractivity contribution >= 4 is 7.82 Å². The first-order valence-electron chi connectivity index (χ1n) is 17.6. The molecule has 0 aliphatic carbocycles. The van der Waals surface area contributed by atoms with Gasteiger partial charge < -0.3 is 9.38 Å². The van der Waals surface area contributed by atoms with Crippen LogP contribution in [0.2, 0.25) is 0 Å². The molecule has 0 bridgehead atoms. The number of nitrogens with zero attached hydrogens (tertiary/aromatic N) is 1. The van der Waals surface area contributed by atoms with Gasteiger partial charge in [0.1, 0.15) is 13.1 Å². The molecule has 1 aliphatic rings. The Hall–Kier alpha value is -1.49. The molecule has 0 radical (unpaired) electrons. The first-order chi connectivity index (χ1) is 21.0. The monoisotopic (exact) mass is 614 g/mol. The summed E-state index contributed by atoms with van der Waals surface area (Å²) in [6.45, 7) is 6.30. The van der Waals surface area contributed by atoms with Crippen molar-refractivity contribution in [2.24, 2.45) is 0 Å². The average molecular weight is 615 g/mol. The van der Waals surface area contributed by atoms with Crippen molar-refractivity contribution in [2.45, 2.75) is 142 Å². The van der Waals surface area contributed by atoms with Crippen molar-refractivity contribution in [3.05, 3.63) is 71.8 Å². The van der Waals surface area contributed by atoms with Gasteiger partial charge in [-0.2, -0.15) is 0 Å². The van der Waals surface area contributed by atoms with Gasteiger partial charge in [-0.15, -0.1) is 0 Å². The van der Waals surface area contributed by atoms with Crippen LogP contribution >= 0.6 is 7.82 Å². The SMILES string of the molecule is CCCCCCCCCCCCCCCCCCOP(=O)(O)OC1CC[N+](Cc2ccccc2)(Cc2ccccc2)CC1. The Labute approximate surface area is 263 Å². The number of piperidine rings is 1. The molecule has 1 unspecified atom stereocenters. The van der Waals surface area contributed by atoms with Crippen molar-refractivity contribution in [1.82, 2.24) is 0 Å². The van der Waals surface area contributed by atoms with Crippen LogP contribution in [0.4, 0.5) is 0 Å². The topological polar surface area (TPSA) is 55.8 Å². The zero-order valence-corrected chi connectivity index (χ0v) is 28.1. The lowest BCUT2D eigenvalue weighted by atomic mass is 10.0. The van der Waals surface area contributed by atoms with E-state index < -0.39 is 7.82 Å². The molecule has 1 aliphatic heterocycles. The molecule has 0 aromatic heterocycles. The van der Waals surface area contributed by atoms with E-state index in [1.165, 1.54) is 101 Å². The number of hydrogen-bond donors (Lipinski definition) is 1. The second kappa shape index (κ2) is 21.3. The third-order valence-corrected chi connectivity index (χ3v) is 10.2. The second-order valence-electron chi connectivity index (χ2n) is 13.0. The quantitative estimate of drug-likeness (QED) is 0.0726. The van der Waals surface area contributed by atoms with Crippen molar-refractivity contribution in [3.63, 3.8) is 0 Å². The van der Waals surface area contributed by atoms with Gasteiger partial charge in [-0.3, -0.25) is 9.05 Å². The molecule has 3 rings (SSSR count). The molecule has 2 aromatic rings. The highest BCUT2D eigenvalue weighted by atomic mass is 31.2. The van der Waals surface area contributed by atoms with Crippen molar-refractivity contribution in [1.29, 1.82) is 0 Å². The van der Waals surface area contributed by atoms with Crippen molar-refractivity contribution in [2.75, 3.05) is 19.7 Å². The van der Waals surface area contributed by atoms with Gasteiger partial charge in [-0.05, 0) is 6.42 Å². The molecule has 1 atom stereocenters. The van der Waals surface area contributed by atoms with Gasteiger partial charge in [0.05, 0.1) is 25.8 Å². The van der Waals surface area contributed by atoms with E-state index >= 15 is 0 Å². The Morgan fingerprint density at radius 3 is 1.47 bits per heavy atom. The summed E-state index contributed by atoms with van der Waals surface area (Å²) >= 11 is 0. The van der Waals surface area contributed by atoms with E-state index in [4.69, 9.17) is 9.05 Å². The molecule has 5 nitrogen and oxygen atoms in total. The lowest BCUT2D eigenvalue weighted by Crippen LogP contribution is -2.52. The molecular weight excluding hydrogens is 553 g/mol. The van der Waals surface area contributed by atoms with Gasteiger partial charge in [0.25, 0.3) is 0 Å². The average Bonchev–Trinajstić information content (AvgIpc) is 3.01. The Kier molecular flexibility index (Phi) is 17.8. The van der Waals surface area contributed by atoms with Crippen LogP contribution in [0.15, 0.2) is 60.7 Å². The molecule has 1 fully saturated rings. The molecule has 0 saturated carbocycles. The zero-order chi connectivity index (χ0) is 30.5. The first-order valence-corrected chi connectivity index (χ1v) is 19.1. The summed E-state index contributed by atoms with van der Waals surface area (Å²) in [5.74, 6) is 0. The van der Waals surface area contributed by atoms with Crippen LogP contribution in [0.3, 0.4) is 0 Å². The number of hydrogen-bond acceptors (Lipinski definition) is 3. The highest BCUT2D eigenvalue weighted by Gasteiger charge is 2.37. The maximum Gasteiger partial charge on any atom is 0.472 e. The van der Waals surface area contributed by atoms with Crippen molar-refractivity contribution in [3.8, 4) is 0 Å². The largest absolute Gasteiger partial charge is 0.472 e. The Balaban J connectivity index is 1.23. The van der Waals surface area contributed by atoms with Crippen LogP contribution in [0.5, 0.6) is 0 Å². The predicted octanol–water partition coefficient (Wildman–Crippen LogP) is 10.8. The summed E-state index contributed by atoms with van der Waals surface area (Å²) in [6, 6.07) is 21.3. The van der Waals surface area contributed by atoms with Gasteiger partial charge in [-0.1, -0.05) is 164 Å². The van der Waals surface area contributed by atoms with Crippen molar-refractivity contribution < 1.29 is 23.0 Å². The van der Waals surface area contributed by atoms with E-state index in [1.807, 2.05) is 0 Å². The number of likely N-dealkylation sites (tertiary alicyclic amines) is 1. The minimum absolute atomic E-state index is 0.237. The molecule has 1 saturated heterocycles. The summed E-state index contributed by atoms with van der Waals surface area (Å²) in [5.41, 5.74) is 2.65. The van der Waals surface area contributed by atoms with E-state index in [-0.39, 0.29) is 6.10 Å². The normalized spacial score (nSPS) is 16.7. The predicted molar refractivity (Wildman–Crippen MR) is 180 cm³/mol. The number of quaternary nitrogens is 1. The van der Waals surface area contributed by atoms with E-state index in [9.17, 15) is 9.46 Å². The zero-order valence-electron chi connectivity index (χ0n) is 27.2. The standard InChI is InChI=1S/C37H60NO4P/c1-2-3-4-5-6-7-8-9-10-11-12-13-14-15-16-23-32-41-43(39,40)42-37-28-30-38(31-29-37,33-35-24-19-17-20-25-35)34-36-26-21-18-22-27-36/h17-22,24-27,37H,2-16,23,28-34H2,1H3/p+1. The second-order valence-corrected chi connectivity index (χ2v) is 14.4. The van der Waals surface area contributed by atoms with Crippen LogP contribution in [0.1, 0.15) is 134 Å². The summed E-state index contributed by atoms with van der Waals surface area (Å²) in [5, 5.41) is 0. The third-order valence-electron chi connectivity index (χ3n) is 9.11. The van der Waals surface area contributed by atoms with Crippen LogP contribution in [0.25, 0.3) is 0 Å². The number of phosphoric ester groups is 1. The molecule has 1 N–H and O–H groups in total. The summed E-state index contributed by atoms with van der Waals surface area (Å²) in [7, 11) is -4.03. The Morgan fingerprint density at radius 1 is 0.651 bits per heavy atom. The number of rotatable bonds is 24. The number of unbranched alkanes of at least 4 members (excludes halogenated alkanes) is 15. The van der Waals surface area contributed by atoms with E-state index in [1.54, 1.807) is 0 Å². The minimum Gasteiger partial charge on any atom is -0.316 e. The van der Waals surface area contributed by atoms with Gasteiger partial charge in [0.15, 0.2) is 0 Å². The van der Waals surface area contributed by atoms with Gasteiger partial charge in [-0.25, -0.2) is 4.57 Å². The van der Waals surface area contributed by atoms with Crippen LogP contribution < -0.4 is 0 Å². The molecule has 0 spiro atoms. The number of phosphoric acid groups is 1. The third kappa shape index (κ3) is 15.9. The smallest absolute Gasteiger partial charge is 0.316 e. The fraction of sp³-hybridized carbons (Fsp3) is 0.676. The molecule has 2 aromatic carbocycles. The molecule has 0 amide bonds. The molecule has 6 heteroatoms. The molecule has 1 heterocycles. The molecule has 43 heavy (non-hydrogen) atoms. The fourth-order valence-corrected chi connectivity index (χ4v) is 7.57. The highest BCUT2D eigenvalue weighted by molar-refractivity contribution is 7.47. The number of benzene rings is 2. The van der Waals surface area contributed by atoms with Gasteiger partial charge >= 0.3 is 7.82 Å². The van der Waals surface area contributed by atoms with Gasteiger partial charge in [0.2, 0.25) is 0 Å².